The second kappa shape index (κ2) is 8.67. The van der Waals surface area contributed by atoms with Gasteiger partial charge in [0.15, 0.2) is 0 Å². The molecule has 0 aromatic heterocycles. The minimum atomic E-state index is -3.98. The van der Waals surface area contributed by atoms with Crippen LogP contribution >= 0.6 is 0 Å². The van der Waals surface area contributed by atoms with Crippen LogP contribution in [0, 0.1) is 0 Å². The summed E-state index contributed by atoms with van der Waals surface area (Å²) in [6.07, 6.45) is 0.375. The summed E-state index contributed by atoms with van der Waals surface area (Å²) in [5, 5.41) is 1.78. The van der Waals surface area contributed by atoms with Gasteiger partial charge in [-0.25, -0.2) is 0 Å². The van der Waals surface area contributed by atoms with E-state index in [-0.39, 0.29) is 37.6 Å². The molecule has 0 bridgehead atoms. The number of rotatable bonds is 10. The van der Waals surface area contributed by atoms with Gasteiger partial charge < -0.3 is 9.47 Å². The lowest BCUT2D eigenvalue weighted by Crippen LogP contribution is -2.08. The van der Waals surface area contributed by atoms with Crippen LogP contribution in [-0.2, 0) is 20.2 Å². The summed E-state index contributed by atoms with van der Waals surface area (Å²) in [5.74, 6) is 0.460. The Morgan fingerprint density at radius 1 is 0.692 bits per heavy atom. The van der Waals surface area contributed by atoms with Crippen molar-refractivity contribution in [2.24, 2.45) is 0 Å². The lowest BCUT2D eigenvalue weighted by molar-refractivity contribution is 0.315. The minimum Gasteiger partial charge on any atom is -0.494 e. The van der Waals surface area contributed by atoms with E-state index >= 15 is 0 Å². The maximum absolute atomic E-state index is 10.6. The second-order valence-corrected chi connectivity index (χ2v) is 8.79. The molecule has 8 nitrogen and oxygen atoms in total. The van der Waals surface area contributed by atoms with Crippen LogP contribution in [0.25, 0.3) is 10.8 Å². The molecule has 2 aromatic carbocycles. The number of hydrogen-bond donors (Lipinski definition) is 2. The fourth-order valence-corrected chi connectivity index (χ4v) is 3.21. The van der Waals surface area contributed by atoms with Crippen LogP contribution in [0.5, 0.6) is 11.5 Å². The molecule has 0 amide bonds. The van der Waals surface area contributed by atoms with E-state index < -0.39 is 20.2 Å². The average molecular weight is 404 g/mol. The molecule has 26 heavy (non-hydrogen) atoms. The Bertz CT molecular complexity index is 872. The van der Waals surface area contributed by atoms with Crippen molar-refractivity contribution in [1.29, 1.82) is 0 Å². The number of hydrogen-bond acceptors (Lipinski definition) is 6. The van der Waals surface area contributed by atoms with Crippen LogP contribution in [0.15, 0.2) is 36.4 Å². The smallest absolute Gasteiger partial charge is 0.264 e. The molecule has 0 aliphatic carbocycles. The van der Waals surface area contributed by atoms with Gasteiger partial charge in [-0.2, -0.15) is 16.8 Å². The highest BCUT2D eigenvalue weighted by Gasteiger charge is 2.06. The number of fused-ring (bicyclic) bond motifs is 1. The third-order valence-electron chi connectivity index (χ3n) is 3.41. The Kier molecular flexibility index (Phi) is 6.81. The minimum absolute atomic E-state index is 0.167. The molecule has 2 aromatic rings. The van der Waals surface area contributed by atoms with E-state index in [0.717, 1.165) is 10.8 Å². The first-order chi connectivity index (χ1) is 12.1. The molecule has 2 N–H and O–H groups in total. The van der Waals surface area contributed by atoms with Crippen molar-refractivity contribution in [2.45, 2.75) is 12.8 Å². The van der Waals surface area contributed by atoms with E-state index in [4.69, 9.17) is 18.6 Å². The normalized spacial score (nSPS) is 12.2. The standard InChI is InChI=1S/C16H20O8S2/c17-25(18,19)9-1-7-23-15-5-3-14-12-16(6-4-13(14)11-15)24-8-2-10-26(20,21)22/h3-6,11-12H,1-2,7-10H2,(H,17,18,19)(H,20,21,22). The zero-order chi connectivity index (χ0) is 19.2. The molecule has 10 heteroatoms. The van der Waals surface area contributed by atoms with Crippen molar-refractivity contribution in [2.75, 3.05) is 24.7 Å². The highest BCUT2D eigenvalue weighted by atomic mass is 32.2. The van der Waals surface area contributed by atoms with E-state index in [1.54, 1.807) is 24.3 Å². The van der Waals surface area contributed by atoms with Gasteiger partial charge in [0.1, 0.15) is 11.5 Å². The molecule has 0 aliphatic rings. The van der Waals surface area contributed by atoms with Gasteiger partial charge in [0.05, 0.1) is 24.7 Å². The largest absolute Gasteiger partial charge is 0.494 e. The third kappa shape index (κ3) is 7.56. The molecular formula is C16H20O8S2. The Morgan fingerprint density at radius 3 is 1.42 bits per heavy atom. The molecule has 0 heterocycles. The maximum Gasteiger partial charge on any atom is 0.264 e. The molecule has 144 valence electrons. The molecule has 0 saturated carbocycles. The van der Waals surface area contributed by atoms with Gasteiger partial charge >= 0.3 is 0 Å². The van der Waals surface area contributed by atoms with Crippen LogP contribution in [0.1, 0.15) is 12.8 Å². The van der Waals surface area contributed by atoms with Crippen LogP contribution in [-0.4, -0.2) is 50.7 Å². The van der Waals surface area contributed by atoms with E-state index in [1.165, 1.54) is 0 Å². The third-order valence-corrected chi connectivity index (χ3v) is 5.02. The number of ether oxygens (including phenoxy) is 2. The number of benzene rings is 2. The second-order valence-electron chi connectivity index (χ2n) is 5.65. The summed E-state index contributed by atoms with van der Waals surface area (Å²) in [4.78, 5) is 0. The zero-order valence-corrected chi connectivity index (χ0v) is 15.5. The molecule has 0 aliphatic heterocycles. The van der Waals surface area contributed by atoms with E-state index in [1.807, 2.05) is 12.1 Å². The Morgan fingerprint density at radius 2 is 1.08 bits per heavy atom. The first kappa shape index (κ1) is 20.4. The van der Waals surface area contributed by atoms with Gasteiger partial charge in [0.2, 0.25) is 0 Å². The van der Waals surface area contributed by atoms with Gasteiger partial charge in [-0.05, 0) is 47.9 Å². The molecule has 0 spiro atoms. The van der Waals surface area contributed by atoms with Crippen molar-refractivity contribution in [3.63, 3.8) is 0 Å². The quantitative estimate of drug-likeness (QED) is 0.455. The predicted octanol–water partition coefficient (Wildman–Crippen LogP) is 2.15. The molecule has 0 fully saturated rings. The summed E-state index contributed by atoms with van der Waals surface area (Å²) in [7, 11) is -7.95. The molecule has 2 rings (SSSR count). The SMILES string of the molecule is O=S(=O)(O)CCCOc1ccc2cc(OCCCS(=O)(=O)O)ccc2c1. The average Bonchev–Trinajstić information content (AvgIpc) is 2.54. The van der Waals surface area contributed by atoms with Crippen LogP contribution < -0.4 is 9.47 Å². The van der Waals surface area contributed by atoms with Gasteiger partial charge in [0, 0.05) is 0 Å². The molecule has 0 atom stereocenters. The lowest BCUT2D eigenvalue weighted by atomic mass is 10.1. The Hall–Kier alpha value is -1.88. The van der Waals surface area contributed by atoms with E-state index in [0.29, 0.717) is 11.5 Å². The van der Waals surface area contributed by atoms with E-state index in [2.05, 4.69) is 0 Å². The van der Waals surface area contributed by atoms with Gasteiger partial charge in [-0.1, -0.05) is 12.1 Å². The summed E-state index contributed by atoms with van der Waals surface area (Å²) in [6.45, 7) is 0.334. The van der Waals surface area contributed by atoms with Crippen LogP contribution in [0.2, 0.25) is 0 Å². The highest BCUT2D eigenvalue weighted by Crippen LogP contribution is 2.25. The summed E-state index contributed by atoms with van der Waals surface area (Å²) in [5.41, 5.74) is 0. The Balaban J connectivity index is 1.90. The monoisotopic (exact) mass is 404 g/mol. The molecule has 0 radical (unpaired) electrons. The Labute approximate surface area is 152 Å². The molecule has 0 unspecified atom stereocenters. The lowest BCUT2D eigenvalue weighted by Gasteiger charge is -2.09. The molecule has 0 saturated heterocycles. The summed E-state index contributed by atoms with van der Waals surface area (Å²) < 4.78 is 70.8. The van der Waals surface area contributed by atoms with Crippen molar-refractivity contribution in [3.05, 3.63) is 36.4 Å². The summed E-state index contributed by atoms with van der Waals surface area (Å²) >= 11 is 0. The van der Waals surface area contributed by atoms with E-state index in [9.17, 15) is 16.8 Å². The fraction of sp³-hybridized carbons (Fsp3) is 0.375. The van der Waals surface area contributed by atoms with Gasteiger partial charge in [-0.15, -0.1) is 0 Å². The molecular weight excluding hydrogens is 384 g/mol. The maximum atomic E-state index is 10.6. The van der Waals surface area contributed by atoms with Gasteiger partial charge in [0.25, 0.3) is 20.2 Å². The first-order valence-corrected chi connectivity index (χ1v) is 11.0. The van der Waals surface area contributed by atoms with Gasteiger partial charge in [-0.3, -0.25) is 9.11 Å². The predicted molar refractivity (Wildman–Crippen MR) is 97.0 cm³/mol. The van der Waals surface area contributed by atoms with Crippen molar-refractivity contribution < 1.29 is 35.4 Å². The first-order valence-electron chi connectivity index (χ1n) is 7.82. The zero-order valence-electron chi connectivity index (χ0n) is 13.9. The van der Waals surface area contributed by atoms with Crippen molar-refractivity contribution in [1.82, 2.24) is 0 Å². The van der Waals surface area contributed by atoms with Crippen molar-refractivity contribution in [3.8, 4) is 11.5 Å². The van der Waals surface area contributed by atoms with Crippen LogP contribution in [0.4, 0.5) is 0 Å². The van der Waals surface area contributed by atoms with Crippen LogP contribution in [0.3, 0.4) is 0 Å². The summed E-state index contributed by atoms with van der Waals surface area (Å²) in [6, 6.07) is 10.7. The topological polar surface area (TPSA) is 127 Å². The fourth-order valence-electron chi connectivity index (χ4n) is 2.24. The highest BCUT2D eigenvalue weighted by molar-refractivity contribution is 7.86. The van der Waals surface area contributed by atoms with Crippen molar-refractivity contribution >= 4 is 31.0 Å².